The summed E-state index contributed by atoms with van der Waals surface area (Å²) >= 11 is 0. The van der Waals surface area contributed by atoms with Gasteiger partial charge in [-0.3, -0.25) is 4.79 Å². The van der Waals surface area contributed by atoms with Gasteiger partial charge in [0, 0.05) is 5.56 Å². The summed E-state index contributed by atoms with van der Waals surface area (Å²) in [6, 6.07) is 5.55. The van der Waals surface area contributed by atoms with Crippen molar-refractivity contribution in [3.63, 3.8) is 0 Å². The topological polar surface area (TPSA) is 34.0 Å². The summed E-state index contributed by atoms with van der Waals surface area (Å²) in [5.74, 6) is 0.326. The summed E-state index contributed by atoms with van der Waals surface area (Å²) in [5, 5.41) is 0. The number of rotatable bonds is 4. The van der Waals surface area contributed by atoms with Crippen LogP contribution in [-0.4, -0.2) is 18.0 Å². The second-order valence-electron chi connectivity index (χ2n) is 5.05. The number of epoxide rings is 1. The van der Waals surface area contributed by atoms with Crippen molar-refractivity contribution in [3.8, 4) is 0 Å². The van der Waals surface area contributed by atoms with Crippen molar-refractivity contribution in [2.75, 3.05) is 6.61 Å². The third-order valence-electron chi connectivity index (χ3n) is 3.63. The van der Waals surface area contributed by atoms with Crippen LogP contribution in [0.15, 0.2) is 18.2 Å². The van der Waals surface area contributed by atoms with Gasteiger partial charge in [-0.2, -0.15) is 0 Å². The van der Waals surface area contributed by atoms with Crippen molar-refractivity contribution in [1.29, 1.82) is 0 Å². The Hall–Kier alpha value is -1.66. The molecule has 2 rings (SSSR count). The average molecular weight is 243 g/mol. The summed E-state index contributed by atoms with van der Waals surface area (Å²) in [6.45, 7) is 13.7. The minimum Gasteiger partial charge on any atom is -0.361 e. The van der Waals surface area contributed by atoms with E-state index in [0.717, 1.165) is 12.0 Å². The molecule has 0 N–H and O–H groups in total. The van der Waals surface area contributed by atoms with Crippen LogP contribution in [0.5, 0.6) is 0 Å². The Labute approximate surface area is 108 Å². The highest BCUT2D eigenvalue weighted by Gasteiger charge is 2.47. The molecule has 1 aliphatic rings. The number of carbonyl (C=O) groups excluding carboxylic acids is 1. The second kappa shape index (κ2) is 4.55. The van der Waals surface area contributed by atoms with Gasteiger partial charge < -0.3 is 4.74 Å². The maximum atomic E-state index is 12.2. The van der Waals surface area contributed by atoms with Crippen LogP contribution in [-0.2, 0) is 4.74 Å². The van der Waals surface area contributed by atoms with Crippen molar-refractivity contribution in [1.82, 2.24) is 0 Å². The zero-order chi connectivity index (χ0) is 13.3. The van der Waals surface area contributed by atoms with Crippen LogP contribution < -0.4 is 0 Å². The summed E-state index contributed by atoms with van der Waals surface area (Å²) in [6.07, 6.45) is 1.02. The fraction of sp³-hybridized carbons (Fsp3) is 0.467. The van der Waals surface area contributed by atoms with E-state index in [2.05, 4.69) is 18.7 Å². The van der Waals surface area contributed by atoms with Crippen molar-refractivity contribution >= 4 is 11.5 Å². The molecule has 18 heavy (non-hydrogen) atoms. The Balaban J connectivity index is 2.38. The molecule has 94 valence electrons. The molecule has 1 saturated heterocycles. The lowest BCUT2D eigenvalue weighted by Crippen LogP contribution is -2.20. The first kappa shape index (κ1) is 12.8. The molecule has 0 aliphatic carbocycles. The molecule has 1 heterocycles. The summed E-state index contributed by atoms with van der Waals surface area (Å²) in [4.78, 5) is 15.7. The Morgan fingerprint density at radius 2 is 2.28 bits per heavy atom. The average Bonchev–Trinajstić information content (AvgIpc) is 3.15. The van der Waals surface area contributed by atoms with Gasteiger partial charge in [-0.25, -0.2) is 4.85 Å². The number of hydrogen-bond donors (Lipinski definition) is 0. The quantitative estimate of drug-likeness (QED) is 0.459. The van der Waals surface area contributed by atoms with Gasteiger partial charge in [-0.15, -0.1) is 0 Å². The van der Waals surface area contributed by atoms with Crippen LogP contribution in [0.25, 0.3) is 4.85 Å². The molecule has 0 spiro atoms. The fourth-order valence-corrected chi connectivity index (χ4v) is 1.90. The van der Waals surface area contributed by atoms with Crippen LogP contribution >= 0.6 is 0 Å². The zero-order valence-electron chi connectivity index (χ0n) is 11.0. The minimum atomic E-state index is -0.697. The molecule has 0 saturated carbocycles. The number of Topliss-reactive ketones (excluding diaryl/α,β-unsaturated/α-hetero) is 1. The van der Waals surface area contributed by atoms with Gasteiger partial charge in [0.15, 0.2) is 11.5 Å². The number of carbonyl (C=O) groups is 1. The molecule has 1 aliphatic heterocycles. The number of ketones is 1. The first-order valence-corrected chi connectivity index (χ1v) is 6.22. The van der Waals surface area contributed by atoms with Crippen molar-refractivity contribution in [2.45, 2.75) is 38.7 Å². The van der Waals surface area contributed by atoms with E-state index in [-0.39, 0.29) is 5.78 Å². The molecular weight excluding hydrogens is 226 g/mol. The van der Waals surface area contributed by atoms with Crippen LogP contribution in [0.4, 0.5) is 5.69 Å². The molecule has 1 aromatic carbocycles. The Morgan fingerprint density at radius 3 is 2.78 bits per heavy atom. The molecule has 1 aromatic rings. The van der Waals surface area contributed by atoms with E-state index in [1.807, 2.05) is 12.1 Å². The smallest absolute Gasteiger partial charge is 0.198 e. The molecule has 0 radical (unpaired) electrons. The largest absolute Gasteiger partial charge is 0.361 e. The highest BCUT2D eigenvalue weighted by molar-refractivity contribution is 6.08. The van der Waals surface area contributed by atoms with E-state index in [9.17, 15) is 4.79 Å². The van der Waals surface area contributed by atoms with Crippen molar-refractivity contribution in [3.05, 3.63) is 40.7 Å². The van der Waals surface area contributed by atoms with E-state index in [0.29, 0.717) is 23.8 Å². The van der Waals surface area contributed by atoms with E-state index in [1.54, 1.807) is 13.0 Å². The van der Waals surface area contributed by atoms with Crippen molar-refractivity contribution < 1.29 is 9.53 Å². The van der Waals surface area contributed by atoms with Crippen LogP contribution in [0, 0.1) is 6.57 Å². The van der Waals surface area contributed by atoms with Gasteiger partial charge >= 0.3 is 0 Å². The van der Waals surface area contributed by atoms with Crippen LogP contribution in [0.3, 0.4) is 0 Å². The summed E-state index contributed by atoms with van der Waals surface area (Å²) < 4.78 is 5.16. The maximum Gasteiger partial charge on any atom is 0.198 e. The van der Waals surface area contributed by atoms with Gasteiger partial charge in [0.2, 0.25) is 0 Å². The summed E-state index contributed by atoms with van der Waals surface area (Å²) in [7, 11) is 0. The van der Waals surface area contributed by atoms with Gasteiger partial charge in [-0.05, 0) is 19.3 Å². The van der Waals surface area contributed by atoms with Crippen molar-refractivity contribution in [2.24, 2.45) is 0 Å². The lowest BCUT2D eigenvalue weighted by molar-refractivity contribution is 0.0889. The van der Waals surface area contributed by atoms with Gasteiger partial charge in [-0.1, -0.05) is 37.6 Å². The third-order valence-corrected chi connectivity index (χ3v) is 3.63. The first-order chi connectivity index (χ1) is 8.51. The normalized spacial score (nSPS) is 23.2. The number of nitrogens with zero attached hydrogens (tertiary/aromatic N) is 1. The second-order valence-corrected chi connectivity index (χ2v) is 5.05. The Bertz CT molecular complexity index is 524. The molecule has 3 heteroatoms. The van der Waals surface area contributed by atoms with Gasteiger partial charge in [0.05, 0.1) is 13.2 Å². The predicted molar refractivity (Wildman–Crippen MR) is 70.1 cm³/mol. The number of benzene rings is 1. The standard InChI is InChI=1S/C15H17NO2/c1-5-10(2)11-6-7-12(13(8-11)16-4)14(17)15(3)9-18-15/h6-8,10H,5,9H2,1-3H3. The number of hydrogen-bond acceptors (Lipinski definition) is 2. The lowest BCUT2D eigenvalue weighted by atomic mass is 9.93. The first-order valence-electron chi connectivity index (χ1n) is 6.22. The predicted octanol–water partition coefficient (Wildman–Crippen LogP) is 3.72. The third kappa shape index (κ3) is 2.16. The molecule has 0 amide bonds. The van der Waals surface area contributed by atoms with E-state index in [4.69, 9.17) is 11.3 Å². The monoisotopic (exact) mass is 243 g/mol. The molecule has 1 fully saturated rings. The summed E-state index contributed by atoms with van der Waals surface area (Å²) in [5.41, 5.74) is 1.34. The van der Waals surface area contributed by atoms with E-state index >= 15 is 0 Å². The van der Waals surface area contributed by atoms with E-state index in [1.165, 1.54) is 0 Å². The highest BCUT2D eigenvalue weighted by Crippen LogP contribution is 2.35. The van der Waals surface area contributed by atoms with Crippen LogP contribution in [0.1, 0.15) is 49.0 Å². The van der Waals surface area contributed by atoms with Crippen LogP contribution in [0.2, 0.25) is 0 Å². The number of ether oxygens (including phenoxy) is 1. The molecule has 0 aromatic heterocycles. The van der Waals surface area contributed by atoms with Gasteiger partial charge in [0.25, 0.3) is 0 Å². The maximum absolute atomic E-state index is 12.2. The minimum absolute atomic E-state index is 0.0794. The molecule has 0 bridgehead atoms. The van der Waals surface area contributed by atoms with E-state index < -0.39 is 5.60 Å². The molecule has 2 atom stereocenters. The Morgan fingerprint density at radius 1 is 1.61 bits per heavy atom. The molecule has 3 nitrogen and oxygen atoms in total. The molecular formula is C15H17NO2. The SMILES string of the molecule is [C-]#[N+]c1cc(C(C)CC)ccc1C(=O)C1(C)CO1. The Kier molecular flexibility index (Phi) is 3.23. The lowest BCUT2D eigenvalue weighted by Gasteiger charge is -2.12. The fourth-order valence-electron chi connectivity index (χ4n) is 1.90. The highest BCUT2D eigenvalue weighted by atomic mass is 16.6. The molecule has 2 unspecified atom stereocenters. The van der Waals surface area contributed by atoms with Gasteiger partial charge in [0.1, 0.15) is 5.60 Å². The zero-order valence-corrected chi connectivity index (χ0v) is 11.0.